The highest BCUT2D eigenvalue weighted by Crippen LogP contribution is 2.14. The quantitative estimate of drug-likeness (QED) is 0.789. The summed E-state index contributed by atoms with van der Waals surface area (Å²) < 4.78 is 0. The minimum atomic E-state index is -0.198. The molecule has 4 heteroatoms. The van der Waals surface area contributed by atoms with Crippen LogP contribution in [-0.4, -0.2) is 22.0 Å². The lowest BCUT2D eigenvalue weighted by Crippen LogP contribution is -2.30. The third kappa shape index (κ3) is 1.93. The van der Waals surface area contributed by atoms with Gasteiger partial charge in [0.15, 0.2) is 5.11 Å². The first-order chi connectivity index (χ1) is 7.59. The van der Waals surface area contributed by atoms with E-state index in [4.69, 9.17) is 12.2 Å². The Bertz CT molecular complexity index is 444. The van der Waals surface area contributed by atoms with E-state index in [0.717, 1.165) is 5.56 Å². The van der Waals surface area contributed by atoms with Gasteiger partial charge in [-0.2, -0.15) is 0 Å². The molecule has 1 aromatic rings. The van der Waals surface area contributed by atoms with Crippen molar-refractivity contribution in [3.8, 4) is 0 Å². The van der Waals surface area contributed by atoms with Gasteiger partial charge in [-0.3, -0.25) is 9.69 Å². The van der Waals surface area contributed by atoms with Crippen molar-refractivity contribution in [2.45, 2.75) is 26.4 Å². The molecule has 1 atom stereocenters. The maximum Gasteiger partial charge on any atom is 0.251 e. The number of nitrogens with zero attached hydrogens (tertiary/aromatic N) is 1. The molecule has 3 nitrogen and oxygen atoms in total. The van der Waals surface area contributed by atoms with Crippen molar-refractivity contribution in [1.29, 1.82) is 0 Å². The average molecular weight is 234 g/mol. The minimum Gasteiger partial charge on any atom is -0.351 e. The third-order valence-corrected chi connectivity index (χ3v) is 3.15. The monoisotopic (exact) mass is 234 g/mol. The first kappa shape index (κ1) is 11.1. The molecule has 0 aromatic heterocycles. The van der Waals surface area contributed by atoms with Gasteiger partial charge in [-0.15, -0.1) is 0 Å². The van der Waals surface area contributed by atoms with Gasteiger partial charge in [0, 0.05) is 0 Å². The van der Waals surface area contributed by atoms with Gasteiger partial charge in [-0.25, -0.2) is 0 Å². The van der Waals surface area contributed by atoms with Crippen LogP contribution in [0.15, 0.2) is 24.3 Å². The zero-order valence-electron chi connectivity index (χ0n) is 9.36. The number of thiocarbonyl (C=S) groups is 1. The van der Waals surface area contributed by atoms with Crippen LogP contribution in [0.25, 0.3) is 0 Å². The molecule has 0 aliphatic carbocycles. The van der Waals surface area contributed by atoms with E-state index in [0.29, 0.717) is 11.7 Å². The highest BCUT2D eigenvalue weighted by atomic mass is 32.1. The molecule has 0 radical (unpaired) electrons. The lowest BCUT2D eigenvalue weighted by molar-refractivity contribution is -0.127. The van der Waals surface area contributed by atoms with E-state index in [2.05, 4.69) is 5.32 Å². The fourth-order valence-corrected chi connectivity index (χ4v) is 2.10. The first-order valence-corrected chi connectivity index (χ1v) is 5.67. The number of aryl methyl sites for hydroxylation is 1. The van der Waals surface area contributed by atoms with Gasteiger partial charge in [-0.05, 0) is 37.2 Å². The summed E-state index contributed by atoms with van der Waals surface area (Å²) in [6, 6.07) is 7.83. The van der Waals surface area contributed by atoms with Crippen molar-refractivity contribution < 1.29 is 4.79 Å². The second-order valence-corrected chi connectivity index (χ2v) is 4.41. The number of hydrogen-bond acceptors (Lipinski definition) is 2. The Hall–Kier alpha value is -1.42. The molecule has 1 amide bonds. The van der Waals surface area contributed by atoms with Crippen LogP contribution >= 0.6 is 12.2 Å². The van der Waals surface area contributed by atoms with Crippen molar-refractivity contribution >= 4 is 23.2 Å². The number of carbonyl (C=O) groups excluding carboxylic acids is 1. The maximum absolute atomic E-state index is 11.8. The van der Waals surface area contributed by atoms with Crippen LogP contribution in [-0.2, 0) is 11.3 Å². The van der Waals surface area contributed by atoms with Crippen molar-refractivity contribution in [3.63, 3.8) is 0 Å². The Kier molecular flexibility index (Phi) is 2.92. The van der Waals surface area contributed by atoms with Crippen LogP contribution in [0.4, 0.5) is 0 Å². The number of nitrogens with one attached hydrogen (secondary N) is 1. The van der Waals surface area contributed by atoms with Crippen LogP contribution in [0.3, 0.4) is 0 Å². The smallest absolute Gasteiger partial charge is 0.251 e. The molecule has 1 fully saturated rings. The van der Waals surface area contributed by atoms with Crippen LogP contribution in [0.2, 0.25) is 0 Å². The standard InChI is InChI=1S/C12H14N2OS/c1-8-5-3-4-6-10(8)7-14-11(15)9(2)13-12(14)16/h3-6,9H,7H2,1-2H3,(H,13,16)/t9-/m1/s1. The van der Waals surface area contributed by atoms with Crippen molar-refractivity contribution in [3.05, 3.63) is 35.4 Å². The van der Waals surface area contributed by atoms with E-state index >= 15 is 0 Å². The van der Waals surface area contributed by atoms with Crippen molar-refractivity contribution in [1.82, 2.24) is 10.2 Å². The summed E-state index contributed by atoms with van der Waals surface area (Å²) in [5.41, 5.74) is 2.31. The predicted octanol–water partition coefficient (Wildman–Crippen LogP) is 1.60. The number of hydrogen-bond donors (Lipinski definition) is 1. The third-order valence-electron chi connectivity index (χ3n) is 2.81. The van der Waals surface area contributed by atoms with Gasteiger partial charge in [0.1, 0.15) is 6.04 Å². The molecule has 0 saturated carbocycles. The zero-order valence-corrected chi connectivity index (χ0v) is 10.2. The lowest BCUT2D eigenvalue weighted by Gasteiger charge is -2.16. The normalized spacial score (nSPS) is 20.1. The summed E-state index contributed by atoms with van der Waals surface area (Å²) in [4.78, 5) is 13.4. The predicted molar refractivity (Wildman–Crippen MR) is 66.9 cm³/mol. The highest BCUT2D eigenvalue weighted by Gasteiger charge is 2.31. The molecule has 1 heterocycles. The van der Waals surface area contributed by atoms with Crippen molar-refractivity contribution in [2.24, 2.45) is 0 Å². The second-order valence-electron chi connectivity index (χ2n) is 4.02. The van der Waals surface area contributed by atoms with E-state index in [1.807, 2.05) is 38.1 Å². The van der Waals surface area contributed by atoms with E-state index in [9.17, 15) is 4.79 Å². The summed E-state index contributed by atoms with van der Waals surface area (Å²) in [6.45, 7) is 4.42. The fourth-order valence-electron chi connectivity index (χ4n) is 1.77. The first-order valence-electron chi connectivity index (χ1n) is 5.26. The molecule has 1 saturated heterocycles. The number of carbonyl (C=O) groups is 1. The Labute approximate surface area is 100 Å². The van der Waals surface area contributed by atoms with Crippen LogP contribution < -0.4 is 5.32 Å². The number of rotatable bonds is 2. The molecule has 1 N–H and O–H groups in total. The van der Waals surface area contributed by atoms with E-state index < -0.39 is 0 Å². The maximum atomic E-state index is 11.8. The Morgan fingerprint density at radius 3 is 2.69 bits per heavy atom. The molecular formula is C12H14N2OS. The van der Waals surface area contributed by atoms with E-state index in [-0.39, 0.29) is 11.9 Å². The minimum absolute atomic E-state index is 0.0493. The summed E-state index contributed by atoms with van der Waals surface area (Å²) in [5, 5.41) is 3.49. The fraction of sp³-hybridized carbons (Fsp3) is 0.333. The summed E-state index contributed by atoms with van der Waals surface area (Å²) in [6.07, 6.45) is 0. The van der Waals surface area contributed by atoms with Crippen LogP contribution in [0, 0.1) is 6.92 Å². The number of amides is 1. The lowest BCUT2D eigenvalue weighted by atomic mass is 10.1. The highest BCUT2D eigenvalue weighted by molar-refractivity contribution is 7.80. The zero-order chi connectivity index (χ0) is 11.7. The summed E-state index contributed by atoms with van der Waals surface area (Å²) in [7, 11) is 0. The average Bonchev–Trinajstić information content (AvgIpc) is 2.48. The Morgan fingerprint density at radius 1 is 1.44 bits per heavy atom. The van der Waals surface area contributed by atoms with Gasteiger partial charge in [0.05, 0.1) is 6.54 Å². The van der Waals surface area contributed by atoms with Crippen LogP contribution in [0.5, 0.6) is 0 Å². The molecule has 0 bridgehead atoms. The SMILES string of the molecule is Cc1ccccc1CN1C(=O)[C@@H](C)NC1=S. The number of benzene rings is 1. The summed E-state index contributed by atoms with van der Waals surface area (Å²) in [5.74, 6) is 0.0493. The van der Waals surface area contributed by atoms with E-state index in [1.54, 1.807) is 4.90 Å². The molecule has 0 spiro atoms. The molecule has 2 rings (SSSR count). The molecular weight excluding hydrogens is 220 g/mol. The van der Waals surface area contributed by atoms with Crippen molar-refractivity contribution in [2.75, 3.05) is 0 Å². The molecule has 1 aromatic carbocycles. The molecule has 84 valence electrons. The van der Waals surface area contributed by atoms with Gasteiger partial charge in [0.25, 0.3) is 5.91 Å². The molecule has 1 aliphatic heterocycles. The Balaban J connectivity index is 2.20. The van der Waals surface area contributed by atoms with Gasteiger partial charge < -0.3 is 5.32 Å². The molecule has 0 unspecified atom stereocenters. The molecule has 16 heavy (non-hydrogen) atoms. The van der Waals surface area contributed by atoms with Gasteiger partial charge in [-0.1, -0.05) is 24.3 Å². The molecule has 1 aliphatic rings. The topological polar surface area (TPSA) is 32.3 Å². The largest absolute Gasteiger partial charge is 0.351 e. The van der Waals surface area contributed by atoms with Gasteiger partial charge in [0.2, 0.25) is 0 Å². The van der Waals surface area contributed by atoms with E-state index in [1.165, 1.54) is 5.56 Å². The van der Waals surface area contributed by atoms with Crippen LogP contribution in [0.1, 0.15) is 18.1 Å². The van der Waals surface area contributed by atoms with Gasteiger partial charge >= 0.3 is 0 Å². The summed E-state index contributed by atoms with van der Waals surface area (Å²) >= 11 is 5.13. The Morgan fingerprint density at radius 2 is 2.12 bits per heavy atom. The second kappa shape index (κ2) is 4.22.